The number of hydrogen-bond donors (Lipinski definition) is 1. The van der Waals surface area contributed by atoms with Crippen molar-refractivity contribution in [2.24, 2.45) is 4.99 Å². The molecule has 1 heterocycles. The molecule has 0 bridgehead atoms. The minimum Gasteiger partial charge on any atom is -0.497 e. The number of hydrogen-bond acceptors (Lipinski definition) is 8. The molecule has 1 aliphatic heterocycles. The Balaban J connectivity index is 1.84. The number of nitrogens with zero attached hydrogens (tertiary/aromatic N) is 2. The lowest BCUT2D eigenvalue weighted by molar-refractivity contribution is 0.234. The maximum atomic E-state index is 15.0. The van der Waals surface area contributed by atoms with E-state index in [4.69, 9.17) is 34.4 Å². The van der Waals surface area contributed by atoms with E-state index in [1.54, 1.807) is 52.4 Å². The van der Waals surface area contributed by atoms with Crippen LogP contribution >= 0.6 is 0 Å². The van der Waals surface area contributed by atoms with Crippen molar-refractivity contribution in [2.45, 2.75) is 25.6 Å². The van der Waals surface area contributed by atoms with Crippen molar-refractivity contribution in [1.29, 1.82) is 0 Å². The van der Waals surface area contributed by atoms with Gasteiger partial charge in [-0.05, 0) is 55.5 Å². The predicted molar refractivity (Wildman–Crippen MR) is 149 cm³/mol. The Morgan fingerprint density at radius 3 is 1.93 bits per heavy atom. The van der Waals surface area contributed by atoms with Crippen molar-refractivity contribution in [1.82, 2.24) is 4.90 Å². The molecule has 0 amide bonds. The zero-order valence-corrected chi connectivity index (χ0v) is 23.2. The van der Waals surface area contributed by atoms with Crippen LogP contribution in [0.3, 0.4) is 0 Å². The van der Waals surface area contributed by atoms with E-state index in [1.165, 1.54) is 24.3 Å². The van der Waals surface area contributed by atoms with Gasteiger partial charge in [-0.15, -0.1) is 0 Å². The van der Waals surface area contributed by atoms with E-state index >= 15 is 4.39 Å². The first kappa shape index (κ1) is 28.5. The molecule has 0 radical (unpaired) electrons. The number of alkyl halides is 1. The Hall–Kier alpha value is -4.47. The maximum Gasteiger partial charge on any atom is 0.294 e. The first-order valence-corrected chi connectivity index (χ1v) is 12.5. The topological polar surface area (TPSA) is 87.8 Å². The molecule has 4 rings (SSSR count). The minimum atomic E-state index is -1.29. The lowest BCUT2D eigenvalue weighted by atomic mass is 9.90. The third-order valence-electron chi connectivity index (χ3n) is 6.64. The minimum absolute atomic E-state index is 0.00252. The summed E-state index contributed by atoms with van der Waals surface area (Å²) in [4.78, 5) is 6.61. The number of allylic oxidation sites excluding steroid dienone is 1. The third-order valence-corrected chi connectivity index (χ3v) is 6.64. The van der Waals surface area contributed by atoms with Crippen molar-refractivity contribution in [3.63, 3.8) is 0 Å². The summed E-state index contributed by atoms with van der Waals surface area (Å²) in [5.41, 5.74) is 6.81. The maximum absolute atomic E-state index is 15.0. The quantitative estimate of drug-likeness (QED) is 0.327. The van der Waals surface area contributed by atoms with Gasteiger partial charge < -0.3 is 34.3 Å². The van der Waals surface area contributed by atoms with Crippen molar-refractivity contribution in [2.75, 3.05) is 40.8 Å². The van der Waals surface area contributed by atoms with Crippen LogP contribution in [0.4, 0.5) is 14.5 Å². The largest absolute Gasteiger partial charge is 0.497 e. The molecule has 0 fully saturated rings. The van der Waals surface area contributed by atoms with Gasteiger partial charge in [0.2, 0.25) is 0 Å². The van der Waals surface area contributed by atoms with Crippen LogP contribution in [0.1, 0.15) is 23.6 Å². The van der Waals surface area contributed by atoms with Gasteiger partial charge in [0.05, 0.1) is 41.5 Å². The lowest BCUT2D eigenvalue weighted by Gasteiger charge is -2.34. The number of nitrogen functional groups attached to an aromatic ring is 1. The highest BCUT2D eigenvalue weighted by Crippen LogP contribution is 2.37. The highest BCUT2D eigenvalue weighted by molar-refractivity contribution is 5.77. The number of nitrogens with two attached hydrogens (primary N) is 1. The Morgan fingerprint density at radius 1 is 0.850 bits per heavy atom. The van der Waals surface area contributed by atoms with Crippen LogP contribution in [0.5, 0.6) is 23.0 Å². The molecule has 10 heteroatoms. The van der Waals surface area contributed by atoms with E-state index in [9.17, 15) is 4.39 Å². The van der Waals surface area contributed by atoms with Gasteiger partial charge in [0, 0.05) is 34.5 Å². The smallest absolute Gasteiger partial charge is 0.294 e. The Kier molecular flexibility index (Phi) is 8.67. The van der Waals surface area contributed by atoms with Crippen LogP contribution in [0.15, 0.2) is 71.4 Å². The first-order chi connectivity index (χ1) is 19.2. The third kappa shape index (κ3) is 6.06. The summed E-state index contributed by atoms with van der Waals surface area (Å²) in [6.07, 6.45) is 1.47. The second-order valence-corrected chi connectivity index (χ2v) is 9.34. The van der Waals surface area contributed by atoms with Gasteiger partial charge in [-0.1, -0.05) is 0 Å². The number of benzene rings is 3. The summed E-state index contributed by atoms with van der Waals surface area (Å²) in [7, 11) is 6.27. The molecule has 212 valence electrons. The Morgan fingerprint density at radius 2 is 1.43 bits per heavy atom. The zero-order valence-electron chi connectivity index (χ0n) is 23.2. The summed E-state index contributed by atoms with van der Waals surface area (Å²) in [5.74, 6) is 1.89. The molecule has 40 heavy (non-hydrogen) atoms. The van der Waals surface area contributed by atoms with Crippen LogP contribution in [0, 0.1) is 5.82 Å². The molecule has 0 aromatic heterocycles. The Bertz CT molecular complexity index is 1370. The molecule has 0 spiro atoms. The molecule has 0 saturated carbocycles. The number of rotatable bonds is 10. The van der Waals surface area contributed by atoms with Gasteiger partial charge in [-0.2, -0.15) is 0 Å². The second-order valence-electron chi connectivity index (χ2n) is 9.34. The molecule has 1 aliphatic rings. The fraction of sp³-hybridized carbons (Fsp3) is 0.300. The molecule has 0 unspecified atom stereocenters. The molecule has 0 aliphatic carbocycles. The van der Waals surface area contributed by atoms with Gasteiger partial charge >= 0.3 is 0 Å². The molecule has 0 saturated heterocycles. The van der Waals surface area contributed by atoms with Gasteiger partial charge in [-0.3, -0.25) is 0 Å². The van der Waals surface area contributed by atoms with Crippen LogP contribution in [-0.4, -0.2) is 46.0 Å². The molecular formula is C30H33F2N3O5. The van der Waals surface area contributed by atoms with Crippen LogP contribution in [0.25, 0.3) is 0 Å². The molecule has 2 N–H and O–H groups in total. The van der Waals surface area contributed by atoms with Crippen molar-refractivity contribution in [3.8, 4) is 23.0 Å². The van der Waals surface area contributed by atoms with Gasteiger partial charge in [0.1, 0.15) is 46.8 Å². The summed E-state index contributed by atoms with van der Waals surface area (Å²) in [6.45, 7) is 1.26. The summed E-state index contributed by atoms with van der Waals surface area (Å²) in [5, 5.41) is 0. The van der Waals surface area contributed by atoms with E-state index in [1.807, 2.05) is 24.3 Å². The standard InChI is InChI=1S/C30H33F2N3O5/c1-30(25-12-21(33)8-11-26(25)32)15-24(16-31)40-29(34-30)35(17-19-6-9-22(36-2)13-27(19)38-4)18-20-7-10-23(37-3)14-28(20)39-5/h6-15H,16-18,33H2,1-5H3/t30-/m0/s1. The van der Waals surface area contributed by atoms with Crippen LogP contribution < -0.4 is 24.7 Å². The average molecular weight is 554 g/mol. The SMILES string of the molecule is COc1ccc(CN(Cc2ccc(OC)cc2OC)C2=N[C@](C)(c3cc(N)ccc3F)C=C(CF)O2)c(OC)c1. The van der Waals surface area contributed by atoms with Crippen LogP contribution in [0.2, 0.25) is 0 Å². The van der Waals surface area contributed by atoms with Gasteiger partial charge in [-0.25, -0.2) is 13.8 Å². The number of amidine groups is 1. The van der Waals surface area contributed by atoms with Gasteiger partial charge in [0.25, 0.3) is 6.02 Å². The fourth-order valence-corrected chi connectivity index (χ4v) is 4.55. The van der Waals surface area contributed by atoms with Crippen molar-refractivity contribution < 1.29 is 32.5 Å². The highest BCUT2D eigenvalue weighted by atomic mass is 19.1. The van der Waals surface area contributed by atoms with E-state index in [0.29, 0.717) is 28.7 Å². The number of aliphatic imine (C=N–C) groups is 1. The molecular weight excluding hydrogens is 520 g/mol. The number of ether oxygens (including phenoxy) is 5. The zero-order chi connectivity index (χ0) is 28.9. The van der Waals surface area contributed by atoms with Crippen LogP contribution in [-0.2, 0) is 23.4 Å². The van der Waals surface area contributed by atoms with E-state index < -0.39 is 18.0 Å². The predicted octanol–water partition coefficient (Wildman–Crippen LogP) is 5.60. The summed E-state index contributed by atoms with van der Waals surface area (Å²) in [6, 6.07) is 15.2. The second kappa shape index (κ2) is 12.1. The van der Waals surface area contributed by atoms with E-state index in [-0.39, 0.29) is 30.4 Å². The number of anilines is 1. The van der Waals surface area contributed by atoms with E-state index in [0.717, 1.165) is 11.1 Å². The average Bonchev–Trinajstić information content (AvgIpc) is 2.97. The number of halogens is 2. The van der Waals surface area contributed by atoms with Gasteiger partial charge in [0.15, 0.2) is 0 Å². The molecule has 3 aromatic carbocycles. The van der Waals surface area contributed by atoms with Crippen molar-refractivity contribution in [3.05, 3.63) is 88.9 Å². The molecule has 3 aromatic rings. The normalized spacial score (nSPS) is 16.4. The van der Waals surface area contributed by atoms with Crippen molar-refractivity contribution >= 4 is 11.7 Å². The summed E-state index contributed by atoms with van der Waals surface area (Å²) >= 11 is 0. The monoisotopic (exact) mass is 553 g/mol. The number of methoxy groups -OCH3 is 4. The molecule has 8 nitrogen and oxygen atoms in total. The fourth-order valence-electron chi connectivity index (χ4n) is 4.55. The Labute approximate surface area is 232 Å². The highest BCUT2D eigenvalue weighted by Gasteiger charge is 2.35. The first-order valence-electron chi connectivity index (χ1n) is 12.5. The molecule has 1 atom stereocenters. The van der Waals surface area contributed by atoms with E-state index in [2.05, 4.69) is 0 Å². The summed E-state index contributed by atoms with van der Waals surface area (Å²) < 4.78 is 57.1. The lowest BCUT2D eigenvalue weighted by Crippen LogP contribution is -2.38.